The Morgan fingerprint density at radius 3 is 1.92 bits per heavy atom. The number of hydrogen-bond acceptors (Lipinski definition) is 4. The highest BCUT2D eigenvalue weighted by Gasteiger charge is 2.37. The number of Topliss-reactive ketones (excluding diaryl/α,β-unsaturated/α-hetero) is 1. The number of hydrogen-bond donors (Lipinski definition) is 0. The maximum atomic E-state index is 12.4. The van der Waals surface area contributed by atoms with Gasteiger partial charge >= 0.3 is 0 Å². The molecule has 1 aliphatic rings. The van der Waals surface area contributed by atoms with Crippen molar-refractivity contribution in [2.45, 2.75) is 31.3 Å². The van der Waals surface area contributed by atoms with E-state index in [0.717, 1.165) is 11.1 Å². The molecule has 0 unspecified atom stereocenters. The summed E-state index contributed by atoms with van der Waals surface area (Å²) in [5.74, 6) is 0.234. The number of carbonyl (C=O) groups is 1. The Hall–Kier alpha value is -2.48. The Labute approximate surface area is 142 Å². The summed E-state index contributed by atoms with van der Waals surface area (Å²) in [6, 6.07) is 21.7. The zero-order chi connectivity index (χ0) is 16.8. The summed E-state index contributed by atoms with van der Waals surface area (Å²) in [4.78, 5) is 18.3. The molecule has 2 aromatic rings. The van der Waals surface area contributed by atoms with E-state index in [2.05, 4.69) is 6.07 Å². The zero-order valence-corrected chi connectivity index (χ0v) is 13.5. The van der Waals surface area contributed by atoms with Crippen LogP contribution in [-0.4, -0.2) is 17.5 Å². The predicted molar refractivity (Wildman–Crippen MR) is 90.6 cm³/mol. The Balaban J connectivity index is 1.93. The van der Waals surface area contributed by atoms with Crippen LogP contribution >= 0.6 is 0 Å². The molecule has 1 fully saturated rings. The SMILES string of the molecule is N#CCCON1[C@@H](c2ccccc2)CC(=O)C[C@H]1c1ccccc1. The van der Waals surface area contributed by atoms with E-state index >= 15 is 0 Å². The van der Waals surface area contributed by atoms with Gasteiger partial charge in [0.25, 0.3) is 0 Å². The van der Waals surface area contributed by atoms with Crippen LogP contribution in [-0.2, 0) is 9.63 Å². The Kier molecular flexibility index (Phi) is 5.37. The maximum Gasteiger partial charge on any atom is 0.136 e. The van der Waals surface area contributed by atoms with Gasteiger partial charge in [0.1, 0.15) is 5.78 Å². The van der Waals surface area contributed by atoms with Gasteiger partial charge in [-0.3, -0.25) is 9.63 Å². The van der Waals surface area contributed by atoms with Gasteiger partial charge < -0.3 is 0 Å². The van der Waals surface area contributed by atoms with E-state index in [-0.39, 0.29) is 17.9 Å². The summed E-state index contributed by atoms with van der Waals surface area (Å²) in [5.41, 5.74) is 2.12. The molecule has 4 heteroatoms. The molecular weight excluding hydrogens is 300 g/mol. The van der Waals surface area contributed by atoms with Crippen molar-refractivity contribution in [3.63, 3.8) is 0 Å². The van der Waals surface area contributed by atoms with Crippen LogP contribution in [0.2, 0.25) is 0 Å². The average molecular weight is 320 g/mol. The van der Waals surface area contributed by atoms with Crippen LogP contribution in [0, 0.1) is 11.3 Å². The topological polar surface area (TPSA) is 53.3 Å². The largest absolute Gasteiger partial charge is 0.300 e. The van der Waals surface area contributed by atoms with E-state index in [0.29, 0.717) is 25.9 Å². The number of nitriles is 1. The van der Waals surface area contributed by atoms with Crippen LogP contribution in [0.4, 0.5) is 0 Å². The fraction of sp³-hybridized carbons (Fsp3) is 0.300. The molecule has 0 N–H and O–H groups in total. The second-order valence-corrected chi connectivity index (χ2v) is 5.90. The van der Waals surface area contributed by atoms with Crippen LogP contribution in [0.25, 0.3) is 0 Å². The van der Waals surface area contributed by atoms with Crippen molar-refractivity contribution < 1.29 is 9.63 Å². The first kappa shape index (κ1) is 16.4. The molecule has 0 saturated carbocycles. The Morgan fingerprint density at radius 1 is 0.958 bits per heavy atom. The van der Waals surface area contributed by atoms with Crippen LogP contribution in [0.15, 0.2) is 60.7 Å². The third-order valence-corrected chi connectivity index (χ3v) is 4.28. The van der Waals surface area contributed by atoms with Gasteiger partial charge in [0.15, 0.2) is 0 Å². The van der Waals surface area contributed by atoms with E-state index in [1.165, 1.54) is 0 Å². The first-order valence-electron chi connectivity index (χ1n) is 8.19. The summed E-state index contributed by atoms with van der Waals surface area (Å²) in [5, 5.41) is 10.7. The maximum absolute atomic E-state index is 12.4. The lowest BCUT2D eigenvalue weighted by Crippen LogP contribution is -2.40. The van der Waals surface area contributed by atoms with Gasteiger partial charge in [-0.05, 0) is 11.1 Å². The first-order chi connectivity index (χ1) is 11.8. The molecule has 0 radical (unpaired) electrons. The van der Waals surface area contributed by atoms with E-state index in [4.69, 9.17) is 10.1 Å². The van der Waals surface area contributed by atoms with Gasteiger partial charge in [-0.25, -0.2) is 0 Å². The number of nitrogens with zero attached hydrogens (tertiary/aromatic N) is 2. The van der Waals surface area contributed by atoms with Crippen molar-refractivity contribution in [2.75, 3.05) is 6.61 Å². The summed E-state index contributed by atoms with van der Waals surface area (Å²) in [6.07, 6.45) is 1.19. The van der Waals surface area contributed by atoms with Crippen molar-refractivity contribution in [3.05, 3.63) is 71.8 Å². The molecule has 0 aromatic heterocycles. The number of hydroxylamine groups is 2. The number of carbonyl (C=O) groups excluding carboxylic acids is 1. The summed E-state index contributed by atoms with van der Waals surface area (Å²) in [7, 11) is 0. The minimum atomic E-state index is -0.128. The van der Waals surface area contributed by atoms with E-state index in [1.807, 2.05) is 65.7 Å². The predicted octanol–water partition coefficient (Wildman–Crippen LogP) is 3.98. The van der Waals surface area contributed by atoms with Gasteiger partial charge in [-0.15, -0.1) is 0 Å². The van der Waals surface area contributed by atoms with Crippen molar-refractivity contribution in [1.82, 2.24) is 5.06 Å². The monoisotopic (exact) mass is 320 g/mol. The highest BCUT2D eigenvalue weighted by atomic mass is 16.7. The van der Waals surface area contributed by atoms with Crippen LogP contribution in [0.1, 0.15) is 42.5 Å². The van der Waals surface area contributed by atoms with E-state index in [1.54, 1.807) is 0 Å². The van der Waals surface area contributed by atoms with E-state index in [9.17, 15) is 4.79 Å². The third-order valence-electron chi connectivity index (χ3n) is 4.28. The third kappa shape index (κ3) is 3.70. The molecule has 0 aliphatic carbocycles. The molecule has 122 valence electrons. The van der Waals surface area contributed by atoms with Crippen molar-refractivity contribution in [3.8, 4) is 6.07 Å². The fourth-order valence-corrected chi connectivity index (χ4v) is 3.17. The number of benzene rings is 2. The zero-order valence-electron chi connectivity index (χ0n) is 13.5. The van der Waals surface area contributed by atoms with Gasteiger partial charge in [0, 0.05) is 12.8 Å². The van der Waals surface area contributed by atoms with Crippen molar-refractivity contribution >= 4 is 5.78 Å². The molecule has 1 aliphatic heterocycles. The highest BCUT2D eigenvalue weighted by Crippen LogP contribution is 2.40. The standard InChI is InChI=1S/C20H20N2O2/c21-12-7-13-24-22-19(16-8-3-1-4-9-16)14-18(23)15-20(22)17-10-5-2-6-11-17/h1-6,8-11,19-20H,7,13-15H2/t19-,20+. The molecule has 0 bridgehead atoms. The van der Waals surface area contributed by atoms with Gasteiger partial charge in [0.2, 0.25) is 0 Å². The molecule has 2 aromatic carbocycles. The van der Waals surface area contributed by atoms with Crippen LogP contribution in [0.5, 0.6) is 0 Å². The molecule has 0 spiro atoms. The lowest BCUT2D eigenvalue weighted by molar-refractivity contribution is -0.227. The molecule has 0 amide bonds. The normalized spacial score (nSPS) is 21.4. The summed E-state index contributed by atoms with van der Waals surface area (Å²) < 4.78 is 0. The number of rotatable bonds is 5. The van der Waals surface area contributed by atoms with Crippen molar-refractivity contribution in [2.24, 2.45) is 0 Å². The lowest BCUT2D eigenvalue weighted by Gasteiger charge is -2.40. The quantitative estimate of drug-likeness (QED) is 0.782. The number of ketones is 1. The summed E-state index contributed by atoms with van der Waals surface area (Å²) in [6.45, 7) is 0.331. The van der Waals surface area contributed by atoms with Gasteiger partial charge in [-0.1, -0.05) is 60.7 Å². The Bertz CT molecular complexity index is 658. The smallest absolute Gasteiger partial charge is 0.136 e. The second-order valence-electron chi connectivity index (χ2n) is 5.90. The fourth-order valence-electron chi connectivity index (χ4n) is 3.17. The van der Waals surface area contributed by atoms with Crippen LogP contribution in [0.3, 0.4) is 0 Å². The average Bonchev–Trinajstić information content (AvgIpc) is 2.64. The molecule has 24 heavy (non-hydrogen) atoms. The Morgan fingerprint density at radius 2 is 1.46 bits per heavy atom. The van der Waals surface area contributed by atoms with E-state index < -0.39 is 0 Å². The minimum Gasteiger partial charge on any atom is -0.300 e. The minimum absolute atomic E-state index is 0.128. The van der Waals surface area contributed by atoms with Crippen LogP contribution < -0.4 is 0 Å². The molecule has 2 atom stereocenters. The molecule has 3 rings (SSSR count). The second kappa shape index (κ2) is 7.87. The van der Waals surface area contributed by atoms with Gasteiger partial charge in [-0.2, -0.15) is 10.3 Å². The lowest BCUT2D eigenvalue weighted by atomic mass is 9.89. The highest BCUT2D eigenvalue weighted by molar-refractivity contribution is 5.81. The molecule has 1 heterocycles. The van der Waals surface area contributed by atoms with Crippen molar-refractivity contribution in [1.29, 1.82) is 5.26 Å². The number of piperidine rings is 1. The first-order valence-corrected chi connectivity index (χ1v) is 8.19. The molecule has 4 nitrogen and oxygen atoms in total. The van der Waals surface area contributed by atoms with Gasteiger partial charge in [0.05, 0.1) is 31.2 Å². The molecular formula is C20H20N2O2. The summed E-state index contributed by atoms with van der Waals surface area (Å²) >= 11 is 0. The molecule has 1 saturated heterocycles.